The van der Waals surface area contributed by atoms with E-state index in [1.165, 1.54) is 0 Å². The molecule has 1 spiro atoms. The molecule has 5 nitrogen and oxygen atoms in total. The Hall–Kier alpha value is -1.59. The van der Waals surface area contributed by atoms with Gasteiger partial charge >= 0.3 is 0 Å². The van der Waals surface area contributed by atoms with Gasteiger partial charge in [0.05, 0.1) is 0 Å². The second kappa shape index (κ2) is 5.20. The molecular formula is C18H20ClNO4. The number of likely N-dealkylation sites (tertiary alicyclic amines) is 1. The first-order valence-electron chi connectivity index (χ1n) is 8.28. The van der Waals surface area contributed by atoms with E-state index in [9.17, 15) is 9.59 Å². The van der Waals surface area contributed by atoms with Crippen LogP contribution in [-0.4, -0.2) is 42.9 Å². The topological polar surface area (TPSA) is 55.8 Å². The second-order valence-corrected chi connectivity index (χ2v) is 7.37. The Bertz CT molecular complexity index is 699. The van der Waals surface area contributed by atoms with Crippen molar-refractivity contribution in [3.05, 3.63) is 35.8 Å². The van der Waals surface area contributed by atoms with E-state index in [0.29, 0.717) is 30.1 Å². The lowest BCUT2D eigenvalue weighted by Crippen LogP contribution is -2.64. The fraction of sp³-hybridized carbons (Fsp3) is 0.556. The molecule has 2 aliphatic heterocycles. The van der Waals surface area contributed by atoms with Crippen LogP contribution >= 0.6 is 12.4 Å². The van der Waals surface area contributed by atoms with Crippen LogP contribution in [0.1, 0.15) is 12.8 Å². The van der Waals surface area contributed by atoms with Gasteiger partial charge in [0.1, 0.15) is 5.76 Å². The number of allylic oxidation sites excluding steroid dienone is 3. The molecule has 6 heteroatoms. The quantitative estimate of drug-likeness (QED) is 0.712. The summed E-state index contributed by atoms with van der Waals surface area (Å²) in [5.74, 6) is 2.08. The Kier molecular flexibility index (Phi) is 3.45. The predicted octanol–water partition coefficient (Wildman–Crippen LogP) is 1.84. The van der Waals surface area contributed by atoms with Gasteiger partial charge in [0.15, 0.2) is 17.6 Å². The maximum absolute atomic E-state index is 12.6. The van der Waals surface area contributed by atoms with Crippen molar-refractivity contribution in [2.24, 2.45) is 23.2 Å². The van der Waals surface area contributed by atoms with E-state index in [1.54, 1.807) is 6.08 Å². The summed E-state index contributed by atoms with van der Waals surface area (Å²) in [6, 6.07) is 0.443. The number of rotatable bonds is 2. The molecule has 0 amide bonds. The van der Waals surface area contributed by atoms with Crippen molar-refractivity contribution in [1.29, 1.82) is 0 Å². The monoisotopic (exact) mass is 349 g/mol. The number of halogens is 1. The molecule has 0 N–H and O–H groups in total. The largest absolute Gasteiger partial charge is 0.482 e. The molecule has 0 aromatic carbocycles. The Morgan fingerprint density at radius 3 is 3.00 bits per heavy atom. The van der Waals surface area contributed by atoms with Gasteiger partial charge in [0.2, 0.25) is 0 Å². The van der Waals surface area contributed by atoms with Gasteiger partial charge in [-0.3, -0.25) is 9.59 Å². The molecule has 1 saturated carbocycles. The molecule has 2 heterocycles. The third-order valence-corrected chi connectivity index (χ3v) is 6.67. The SMILES string of the molecule is CN1CC[C@@]23C4C5=C(OC=O)C=CC4C[C@@H]1[C@@H]2C=CC(=O)[C@@H]3O5.Cl. The van der Waals surface area contributed by atoms with Crippen LogP contribution in [0.3, 0.4) is 0 Å². The van der Waals surface area contributed by atoms with Gasteiger partial charge in [0.25, 0.3) is 6.47 Å². The number of carbonyl (C=O) groups excluding carboxylic acids is 2. The summed E-state index contributed by atoms with van der Waals surface area (Å²) in [6.45, 7) is 1.42. The minimum Gasteiger partial charge on any atom is -0.482 e. The number of carbonyl (C=O) groups is 2. The second-order valence-electron chi connectivity index (χ2n) is 7.37. The van der Waals surface area contributed by atoms with Gasteiger partial charge in [0, 0.05) is 23.3 Å². The average molecular weight is 350 g/mol. The van der Waals surface area contributed by atoms with E-state index < -0.39 is 6.10 Å². The van der Waals surface area contributed by atoms with Crippen LogP contribution in [-0.2, 0) is 19.1 Å². The number of ether oxygens (including phenoxy) is 2. The van der Waals surface area contributed by atoms with Crippen LogP contribution in [0.15, 0.2) is 35.8 Å². The van der Waals surface area contributed by atoms with Crippen LogP contribution in [0.2, 0.25) is 0 Å². The fourth-order valence-electron chi connectivity index (χ4n) is 5.81. The van der Waals surface area contributed by atoms with E-state index in [0.717, 1.165) is 25.1 Å². The van der Waals surface area contributed by atoms with E-state index >= 15 is 0 Å². The highest BCUT2D eigenvalue weighted by Gasteiger charge is 2.69. The van der Waals surface area contributed by atoms with E-state index in [1.807, 2.05) is 6.08 Å². The van der Waals surface area contributed by atoms with E-state index in [4.69, 9.17) is 9.47 Å². The molecule has 0 radical (unpaired) electrons. The lowest BCUT2D eigenvalue weighted by molar-refractivity contribution is -0.140. The van der Waals surface area contributed by atoms with Gasteiger partial charge in [-0.15, -0.1) is 12.4 Å². The Morgan fingerprint density at radius 1 is 1.38 bits per heavy atom. The molecular weight excluding hydrogens is 330 g/mol. The lowest BCUT2D eigenvalue weighted by Gasteiger charge is -2.59. The highest BCUT2D eigenvalue weighted by Crippen LogP contribution is 2.66. The first-order chi connectivity index (χ1) is 11.2. The fourth-order valence-corrected chi connectivity index (χ4v) is 5.81. The highest BCUT2D eigenvalue weighted by molar-refractivity contribution is 5.96. The molecule has 6 atom stereocenters. The van der Waals surface area contributed by atoms with Gasteiger partial charge in [-0.2, -0.15) is 0 Å². The third-order valence-electron chi connectivity index (χ3n) is 6.67. The number of hydrogen-bond donors (Lipinski definition) is 0. The zero-order chi connectivity index (χ0) is 15.8. The summed E-state index contributed by atoms with van der Waals surface area (Å²) in [7, 11) is 2.18. The number of ketones is 1. The standard InChI is InChI=1S/C18H19NO4.ClH/c1-19-7-6-18-11-3-4-13(21)17(18)23-16-14(22-9-20)5-2-10(15(16)18)8-12(11)19;/h2-5,9-12,15,17H,6-8H2,1H3;1H/t10?,11-,12+,15?,17-,18-;/m0./s1. The molecule has 24 heavy (non-hydrogen) atoms. The van der Waals surface area contributed by atoms with Crippen LogP contribution in [0, 0.1) is 23.2 Å². The van der Waals surface area contributed by atoms with Crippen LogP contribution in [0.4, 0.5) is 0 Å². The molecule has 0 aromatic rings. The van der Waals surface area contributed by atoms with Crippen molar-refractivity contribution in [1.82, 2.24) is 4.90 Å². The van der Waals surface area contributed by atoms with Crippen LogP contribution in [0.5, 0.6) is 0 Å². The van der Waals surface area contributed by atoms with Crippen molar-refractivity contribution >= 4 is 24.7 Å². The predicted molar refractivity (Wildman–Crippen MR) is 88.1 cm³/mol. The van der Waals surface area contributed by atoms with Gasteiger partial charge in [-0.1, -0.05) is 12.2 Å². The van der Waals surface area contributed by atoms with Crippen molar-refractivity contribution in [3.63, 3.8) is 0 Å². The zero-order valence-electron chi connectivity index (χ0n) is 13.4. The van der Waals surface area contributed by atoms with E-state index in [2.05, 4.69) is 24.1 Å². The maximum Gasteiger partial charge on any atom is 0.298 e. The molecule has 2 saturated heterocycles. The smallest absolute Gasteiger partial charge is 0.298 e. The van der Waals surface area contributed by atoms with Gasteiger partial charge in [-0.05, 0) is 44.5 Å². The summed E-state index contributed by atoms with van der Waals surface area (Å²) >= 11 is 0. The minimum absolute atomic E-state index is 0. The van der Waals surface area contributed by atoms with Gasteiger partial charge < -0.3 is 14.4 Å². The normalized spacial score (nSPS) is 44.5. The summed E-state index contributed by atoms with van der Waals surface area (Å²) in [6.07, 6.45) is 9.36. The Balaban J connectivity index is 0.00000146. The van der Waals surface area contributed by atoms with Crippen molar-refractivity contribution in [2.75, 3.05) is 13.6 Å². The molecule has 5 aliphatic rings. The number of piperidine rings is 1. The summed E-state index contributed by atoms with van der Waals surface area (Å²) in [5, 5.41) is 0. The molecule has 5 rings (SSSR count). The minimum atomic E-state index is -0.429. The Morgan fingerprint density at radius 2 is 2.21 bits per heavy atom. The van der Waals surface area contributed by atoms with Crippen LogP contribution < -0.4 is 0 Å². The highest BCUT2D eigenvalue weighted by atomic mass is 35.5. The first-order valence-corrected chi connectivity index (χ1v) is 8.28. The van der Waals surface area contributed by atoms with Crippen molar-refractivity contribution in [3.8, 4) is 0 Å². The summed E-state index contributed by atoms with van der Waals surface area (Å²) in [4.78, 5) is 25.8. The van der Waals surface area contributed by atoms with Gasteiger partial charge in [-0.25, -0.2) is 0 Å². The molecule has 0 aromatic heterocycles. The average Bonchev–Trinajstić information content (AvgIpc) is 2.90. The summed E-state index contributed by atoms with van der Waals surface area (Å²) < 4.78 is 11.3. The number of hydrogen-bond acceptors (Lipinski definition) is 5. The molecule has 3 fully saturated rings. The van der Waals surface area contributed by atoms with Crippen molar-refractivity contribution in [2.45, 2.75) is 25.0 Å². The Labute approximate surface area is 146 Å². The van der Waals surface area contributed by atoms with E-state index in [-0.39, 0.29) is 29.5 Å². The van der Waals surface area contributed by atoms with Crippen LogP contribution in [0.25, 0.3) is 0 Å². The molecule has 128 valence electrons. The molecule has 3 aliphatic carbocycles. The molecule has 2 unspecified atom stereocenters. The van der Waals surface area contributed by atoms with Crippen molar-refractivity contribution < 1.29 is 19.1 Å². The zero-order valence-corrected chi connectivity index (χ0v) is 14.2. The summed E-state index contributed by atoms with van der Waals surface area (Å²) in [5.41, 5.74) is -0.177. The maximum atomic E-state index is 12.6. The number of nitrogens with zero attached hydrogens (tertiary/aromatic N) is 1. The molecule has 2 bridgehead atoms. The lowest BCUT2D eigenvalue weighted by atomic mass is 9.48. The third kappa shape index (κ3) is 1.69. The first kappa shape index (κ1) is 15.9.